The maximum atomic E-state index is 9.69. The fourth-order valence-corrected chi connectivity index (χ4v) is 3.29. The first kappa shape index (κ1) is 13.0. The Kier molecular flexibility index (Phi) is 3.86. The van der Waals surface area contributed by atoms with Crippen molar-refractivity contribution in [2.75, 3.05) is 0 Å². The normalized spacial score (nSPS) is 36.2. The van der Waals surface area contributed by atoms with Crippen LogP contribution >= 0.6 is 0 Å². The Balaban J connectivity index is 2.72. The molecule has 1 saturated carbocycles. The minimum absolute atomic E-state index is 0.174. The van der Waals surface area contributed by atoms with E-state index >= 15 is 0 Å². The summed E-state index contributed by atoms with van der Waals surface area (Å²) in [5.41, 5.74) is 0.447. The van der Waals surface area contributed by atoms with Crippen molar-refractivity contribution < 1.29 is 5.11 Å². The number of aliphatic hydroxyl groups excluding tert-OH is 1. The molecule has 1 N–H and O–H groups in total. The third-order valence-electron chi connectivity index (χ3n) is 5.36. The van der Waals surface area contributed by atoms with Crippen LogP contribution in [0.3, 0.4) is 0 Å². The van der Waals surface area contributed by atoms with E-state index in [1.54, 1.807) is 0 Å². The Morgan fingerprint density at radius 2 is 1.67 bits per heavy atom. The van der Waals surface area contributed by atoms with Crippen LogP contribution in [0.25, 0.3) is 0 Å². The summed E-state index contributed by atoms with van der Waals surface area (Å²) in [6, 6.07) is 0. The lowest BCUT2D eigenvalue weighted by atomic mass is 9.67. The maximum Gasteiger partial charge on any atom is 0.0540 e. The van der Waals surface area contributed by atoms with E-state index in [4.69, 9.17) is 0 Å². The van der Waals surface area contributed by atoms with Gasteiger partial charge in [0.05, 0.1) is 6.10 Å². The fraction of sp³-hybridized carbons (Fsp3) is 1.00. The van der Waals surface area contributed by atoms with Crippen LogP contribution in [0.5, 0.6) is 0 Å². The van der Waals surface area contributed by atoms with Crippen molar-refractivity contribution in [2.24, 2.45) is 29.1 Å². The van der Waals surface area contributed by atoms with Gasteiger partial charge in [0.2, 0.25) is 0 Å². The van der Waals surface area contributed by atoms with Crippen molar-refractivity contribution in [2.45, 2.75) is 60.5 Å². The van der Waals surface area contributed by atoms with Gasteiger partial charge in [-0.3, -0.25) is 0 Å². The minimum Gasteiger partial charge on any atom is -0.393 e. The van der Waals surface area contributed by atoms with Crippen LogP contribution in [0.2, 0.25) is 0 Å². The van der Waals surface area contributed by atoms with Crippen molar-refractivity contribution in [3.63, 3.8) is 0 Å². The first-order chi connectivity index (χ1) is 6.78. The van der Waals surface area contributed by atoms with E-state index in [-0.39, 0.29) is 6.10 Å². The monoisotopic (exact) mass is 212 g/mol. The quantitative estimate of drug-likeness (QED) is 0.756. The molecule has 90 valence electrons. The average molecular weight is 212 g/mol. The van der Waals surface area contributed by atoms with Crippen molar-refractivity contribution in [3.05, 3.63) is 0 Å². The molecule has 1 aliphatic carbocycles. The molecule has 0 bridgehead atoms. The highest BCUT2D eigenvalue weighted by Crippen LogP contribution is 2.51. The molecule has 0 spiro atoms. The van der Waals surface area contributed by atoms with Gasteiger partial charge in [-0.1, -0.05) is 34.6 Å². The van der Waals surface area contributed by atoms with Crippen molar-refractivity contribution in [1.82, 2.24) is 0 Å². The van der Waals surface area contributed by atoms with Gasteiger partial charge in [0.15, 0.2) is 0 Å². The first-order valence-corrected chi connectivity index (χ1v) is 6.46. The van der Waals surface area contributed by atoms with Crippen LogP contribution in [0.4, 0.5) is 0 Å². The smallest absolute Gasteiger partial charge is 0.0540 e. The van der Waals surface area contributed by atoms with Crippen LogP contribution < -0.4 is 0 Å². The molecule has 0 heterocycles. The van der Waals surface area contributed by atoms with E-state index in [1.807, 2.05) is 6.92 Å². The summed E-state index contributed by atoms with van der Waals surface area (Å²) in [7, 11) is 0. The van der Waals surface area contributed by atoms with E-state index in [1.165, 1.54) is 12.8 Å². The number of rotatable bonds is 3. The molecule has 0 aliphatic heterocycles. The fourth-order valence-electron chi connectivity index (χ4n) is 3.29. The molecule has 1 fully saturated rings. The molecule has 0 amide bonds. The van der Waals surface area contributed by atoms with Gasteiger partial charge in [0.1, 0.15) is 0 Å². The van der Waals surface area contributed by atoms with E-state index in [9.17, 15) is 5.11 Å². The minimum atomic E-state index is -0.174. The third kappa shape index (κ3) is 2.38. The molecule has 1 aliphatic rings. The average Bonchev–Trinajstić information content (AvgIpc) is 2.40. The number of hydrogen-bond acceptors (Lipinski definition) is 1. The zero-order chi connectivity index (χ0) is 11.8. The topological polar surface area (TPSA) is 20.2 Å². The molecule has 0 saturated heterocycles. The third-order valence-corrected chi connectivity index (χ3v) is 5.36. The molecular formula is C14H28O. The Bertz CT molecular complexity index is 207. The summed E-state index contributed by atoms with van der Waals surface area (Å²) < 4.78 is 0. The van der Waals surface area contributed by atoms with Crippen LogP contribution in [-0.4, -0.2) is 11.2 Å². The number of aliphatic hydroxyl groups is 1. The second-order valence-corrected chi connectivity index (χ2v) is 6.37. The zero-order valence-corrected chi connectivity index (χ0v) is 11.2. The van der Waals surface area contributed by atoms with E-state index in [2.05, 4.69) is 34.6 Å². The lowest BCUT2D eigenvalue weighted by Crippen LogP contribution is -2.34. The predicted octanol–water partition coefficient (Wildman–Crippen LogP) is 3.71. The van der Waals surface area contributed by atoms with Gasteiger partial charge < -0.3 is 5.11 Å². The lowest BCUT2D eigenvalue weighted by molar-refractivity contribution is 0.0461. The zero-order valence-electron chi connectivity index (χ0n) is 11.2. The van der Waals surface area contributed by atoms with Crippen LogP contribution in [0.15, 0.2) is 0 Å². The summed E-state index contributed by atoms with van der Waals surface area (Å²) in [6.07, 6.45) is 2.52. The van der Waals surface area contributed by atoms with E-state index < -0.39 is 0 Å². The highest BCUT2D eigenvalue weighted by Gasteiger charge is 2.44. The van der Waals surface area contributed by atoms with Gasteiger partial charge in [0.25, 0.3) is 0 Å². The second-order valence-electron chi connectivity index (χ2n) is 6.37. The molecule has 0 radical (unpaired) electrons. The van der Waals surface area contributed by atoms with Gasteiger partial charge in [-0.05, 0) is 48.9 Å². The van der Waals surface area contributed by atoms with Crippen molar-refractivity contribution >= 4 is 0 Å². The molecule has 1 nitrogen and oxygen atoms in total. The Morgan fingerprint density at radius 1 is 1.13 bits per heavy atom. The van der Waals surface area contributed by atoms with Gasteiger partial charge in [-0.15, -0.1) is 0 Å². The summed E-state index contributed by atoms with van der Waals surface area (Å²) >= 11 is 0. The van der Waals surface area contributed by atoms with Crippen molar-refractivity contribution in [1.29, 1.82) is 0 Å². The Morgan fingerprint density at radius 3 is 2.00 bits per heavy atom. The van der Waals surface area contributed by atoms with Gasteiger partial charge in [-0.25, -0.2) is 0 Å². The van der Waals surface area contributed by atoms with E-state index in [0.717, 1.165) is 11.8 Å². The predicted molar refractivity (Wildman–Crippen MR) is 65.7 cm³/mol. The summed E-state index contributed by atoms with van der Waals surface area (Å²) in [5, 5.41) is 9.69. The van der Waals surface area contributed by atoms with Gasteiger partial charge >= 0.3 is 0 Å². The Hall–Kier alpha value is -0.0400. The molecule has 15 heavy (non-hydrogen) atoms. The van der Waals surface area contributed by atoms with Crippen molar-refractivity contribution in [3.8, 4) is 0 Å². The van der Waals surface area contributed by atoms with Crippen LogP contribution in [0.1, 0.15) is 54.4 Å². The van der Waals surface area contributed by atoms with Crippen LogP contribution in [0, 0.1) is 29.1 Å². The number of hydrogen-bond donors (Lipinski definition) is 1. The SMILES string of the molecule is CC(O)C(C)C(C)C1CCC(C)C1(C)C. The first-order valence-electron chi connectivity index (χ1n) is 6.46. The highest BCUT2D eigenvalue weighted by molar-refractivity contribution is 4.93. The molecule has 1 rings (SSSR count). The molecule has 0 aromatic heterocycles. The lowest BCUT2D eigenvalue weighted by Gasteiger charge is -2.38. The highest BCUT2D eigenvalue weighted by atomic mass is 16.3. The molecule has 5 atom stereocenters. The molecule has 0 aromatic rings. The second kappa shape index (κ2) is 4.45. The maximum absolute atomic E-state index is 9.69. The summed E-state index contributed by atoms with van der Waals surface area (Å²) in [4.78, 5) is 0. The largest absolute Gasteiger partial charge is 0.393 e. The van der Waals surface area contributed by atoms with Crippen LogP contribution in [-0.2, 0) is 0 Å². The van der Waals surface area contributed by atoms with Gasteiger partial charge in [-0.2, -0.15) is 0 Å². The van der Waals surface area contributed by atoms with Gasteiger partial charge in [0, 0.05) is 0 Å². The Labute approximate surface area is 95.3 Å². The standard InChI is InChI=1S/C14H28O/c1-9-7-8-13(14(9,5)6)11(3)10(2)12(4)15/h9-13,15H,7-8H2,1-6H3. The molecule has 5 unspecified atom stereocenters. The summed E-state index contributed by atoms with van der Waals surface area (Å²) in [6.45, 7) is 13.6. The molecular weight excluding hydrogens is 184 g/mol. The summed E-state index contributed by atoms with van der Waals surface area (Å²) in [5.74, 6) is 2.65. The molecule has 0 aromatic carbocycles. The molecule has 1 heteroatoms. The van der Waals surface area contributed by atoms with E-state index in [0.29, 0.717) is 17.3 Å².